The zero-order chi connectivity index (χ0) is 23.5. The van der Waals surface area contributed by atoms with Crippen molar-refractivity contribution < 1.29 is 18.7 Å². The Bertz CT molecular complexity index is 1010. The first-order valence-corrected chi connectivity index (χ1v) is 11.1. The van der Waals surface area contributed by atoms with Crippen LogP contribution >= 0.6 is 0 Å². The summed E-state index contributed by atoms with van der Waals surface area (Å²) < 4.78 is 19.1. The van der Waals surface area contributed by atoms with Crippen molar-refractivity contribution in [2.45, 2.75) is 32.4 Å². The maximum atomic E-state index is 13.5. The van der Waals surface area contributed by atoms with E-state index in [2.05, 4.69) is 5.32 Å². The number of amides is 2. The summed E-state index contributed by atoms with van der Waals surface area (Å²) in [5, 5.41) is 2.95. The number of nitrogens with one attached hydrogen (secondary N) is 1. The Balaban J connectivity index is 1.90. The van der Waals surface area contributed by atoms with Gasteiger partial charge < -0.3 is 15.0 Å². The summed E-state index contributed by atoms with van der Waals surface area (Å²) in [7, 11) is 0. The topological polar surface area (TPSA) is 58.6 Å². The molecule has 1 N–H and O–H groups in total. The highest BCUT2D eigenvalue weighted by molar-refractivity contribution is 5.89. The number of hydrogen-bond donors (Lipinski definition) is 1. The first kappa shape index (κ1) is 24.0. The van der Waals surface area contributed by atoms with E-state index in [1.807, 2.05) is 55.5 Å². The summed E-state index contributed by atoms with van der Waals surface area (Å²) in [5.74, 6) is -0.398. The van der Waals surface area contributed by atoms with Crippen molar-refractivity contribution >= 4 is 11.8 Å². The predicted molar refractivity (Wildman–Crippen MR) is 126 cm³/mol. The molecule has 2 amide bonds. The van der Waals surface area contributed by atoms with Crippen molar-refractivity contribution in [2.75, 3.05) is 13.2 Å². The van der Waals surface area contributed by atoms with Gasteiger partial charge in [0.05, 0.1) is 0 Å². The van der Waals surface area contributed by atoms with E-state index >= 15 is 0 Å². The molecule has 0 heterocycles. The molecule has 0 spiro atoms. The minimum Gasteiger partial charge on any atom is -0.484 e. The van der Waals surface area contributed by atoms with Crippen LogP contribution in [-0.4, -0.2) is 29.9 Å². The van der Waals surface area contributed by atoms with Crippen LogP contribution in [0.25, 0.3) is 0 Å². The van der Waals surface area contributed by atoms with Crippen LogP contribution in [0.4, 0.5) is 4.39 Å². The number of benzene rings is 3. The lowest BCUT2D eigenvalue weighted by molar-refractivity contribution is -0.143. The SMILES string of the molecule is CCCCNC(=O)C(c1ccccc1)N(Cc1ccc(F)cc1)C(=O)COc1ccccc1. The number of nitrogens with zero attached hydrogens (tertiary/aromatic N) is 1. The van der Waals surface area contributed by atoms with Gasteiger partial charge in [-0.25, -0.2) is 4.39 Å². The van der Waals surface area contributed by atoms with E-state index in [1.54, 1.807) is 24.3 Å². The van der Waals surface area contributed by atoms with E-state index < -0.39 is 6.04 Å². The molecule has 6 heteroatoms. The molecule has 1 unspecified atom stereocenters. The average molecular weight is 449 g/mol. The lowest BCUT2D eigenvalue weighted by Gasteiger charge is -2.31. The van der Waals surface area contributed by atoms with E-state index in [1.165, 1.54) is 17.0 Å². The molecule has 3 aromatic rings. The van der Waals surface area contributed by atoms with E-state index in [9.17, 15) is 14.0 Å². The van der Waals surface area contributed by atoms with Crippen LogP contribution in [0.2, 0.25) is 0 Å². The van der Waals surface area contributed by atoms with Gasteiger partial charge in [-0.05, 0) is 41.8 Å². The zero-order valence-corrected chi connectivity index (χ0v) is 18.7. The molecular weight excluding hydrogens is 419 g/mol. The number of halogens is 1. The van der Waals surface area contributed by atoms with Crippen molar-refractivity contribution in [3.05, 3.63) is 102 Å². The molecule has 0 aliphatic rings. The molecule has 0 radical (unpaired) electrons. The lowest BCUT2D eigenvalue weighted by Crippen LogP contribution is -2.45. The van der Waals surface area contributed by atoms with Crippen LogP contribution in [0.15, 0.2) is 84.9 Å². The largest absolute Gasteiger partial charge is 0.484 e. The molecule has 1 atom stereocenters. The first-order valence-electron chi connectivity index (χ1n) is 11.1. The summed E-state index contributed by atoms with van der Waals surface area (Å²) in [5.41, 5.74) is 1.41. The normalized spacial score (nSPS) is 11.5. The van der Waals surface area contributed by atoms with Crippen molar-refractivity contribution in [1.82, 2.24) is 10.2 Å². The average Bonchev–Trinajstić information content (AvgIpc) is 2.85. The number of hydrogen-bond acceptors (Lipinski definition) is 3. The number of carbonyl (C=O) groups is 2. The van der Waals surface area contributed by atoms with Crippen molar-refractivity contribution in [2.24, 2.45) is 0 Å². The highest BCUT2D eigenvalue weighted by atomic mass is 19.1. The molecule has 0 aliphatic heterocycles. The molecule has 0 saturated heterocycles. The maximum absolute atomic E-state index is 13.5. The number of unbranched alkanes of at least 4 members (excludes halogenated alkanes) is 1. The van der Waals surface area contributed by atoms with Crippen LogP contribution in [-0.2, 0) is 16.1 Å². The van der Waals surface area contributed by atoms with Gasteiger partial charge in [0.2, 0.25) is 5.91 Å². The Kier molecular flexibility index (Phi) is 9.00. The summed E-state index contributed by atoms with van der Waals surface area (Å²) in [6, 6.07) is 23.3. The Morgan fingerprint density at radius 3 is 2.21 bits per heavy atom. The van der Waals surface area contributed by atoms with Gasteiger partial charge >= 0.3 is 0 Å². The molecule has 0 aliphatic carbocycles. The first-order chi connectivity index (χ1) is 16.1. The highest BCUT2D eigenvalue weighted by Crippen LogP contribution is 2.24. The summed E-state index contributed by atoms with van der Waals surface area (Å²) in [4.78, 5) is 28.2. The fourth-order valence-corrected chi connectivity index (χ4v) is 3.45. The Morgan fingerprint density at radius 2 is 1.58 bits per heavy atom. The lowest BCUT2D eigenvalue weighted by atomic mass is 10.0. The van der Waals surface area contributed by atoms with Crippen LogP contribution < -0.4 is 10.1 Å². The minimum absolute atomic E-state index is 0.137. The number of carbonyl (C=O) groups excluding carboxylic acids is 2. The van der Waals surface area contributed by atoms with E-state index in [0.717, 1.165) is 12.8 Å². The van der Waals surface area contributed by atoms with Gasteiger partial charge in [0.25, 0.3) is 5.91 Å². The molecule has 5 nitrogen and oxygen atoms in total. The summed E-state index contributed by atoms with van der Waals surface area (Å²) in [6.45, 7) is 2.48. The maximum Gasteiger partial charge on any atom is 0.261 e. The van der Waals surface area contributed by atoms with Crippen LogP contribution in [0.1, 0.15) is 36.9 Å². The number of rotatable bonds is 11. The Hall–Kier alpha value is -3.67. The van der Waals surface area contributed by atoms with E-state index in [4.69, 9.17) is 4.74 Å². The molecule has 172 valence electrons. The smallest absolute Gasteiger partial charge is 0.261 e. The third-order valence-electron chi connectivity index (χ3n) is 5.20. The van der Waals surface area contributed by atoms with Gasteiger partial charge in [0.15, 0.2) is 6.61 Å². The van der Waals surface area contributed by atoms with Crippen molar-refractivity contribution in [1.29, 1.82) is 0 Å². The summed E-state index contributed by atoms with van der Waals surface area (Å²) >= 11 is 0. The second-order valence-corrected chi connectivity index (χ2v) is 7.71. The van der Waals surface area contributed by atoms with Gasteiger partial charge in [0, 0.05) is 13.1 Å². The van der Waals surface area contributed by atoms with Crippen molar-refractivity contribution in [3.8, 4) is 5.75 Å². The number of para-hydroxylation sites is 1. The quantitative estimate of drug-likeness (QED) is 0.425. The fourth-order valence-electron chi connectivity index (χ4n) is 3.45. The third-order valence-corrected chi connectivity index (χ3v) is 5.20. The molecule has 0 fully saturated rings. The van der Waals surface area contributed by atoms with Gasteiger partial charge in [-0.15, -0.1) is 0 Å². The molecule has 3 aromatic carbocycles. The molecule has 0 bridgehead atoms. The van der Waals surface area contributed by atoms with Gasteiger partial charge in [-0.2, -0.15) is 0 Å². The van der Waals surface area contributed by atoms with Crippen LogP contribution in [0.3, 0.4) is 0 Å². The van der Waals surface area contributed by atoms with Crippen LogP contribution in [0, 0.1) is 5.82 Å². The Morgan fingerprint density at radius 1 is 0.939 bits per heavy atom. The highest BCUT2D eigenvalue weighted by Gasteiger charge is 2.31. The second kappa shape index (κ2) is 12.4. The van der Waals surface area contributed by atoms with Gasteiger partial charge in [-0.1, -0.05) is 74.0 Å². The molecule has 0 aromatic heterocycles. The standard InChI is InChI=1S/C27H29FN2O3/c1-2-3-18-29-27(32)26(22-10-6-4-7-11-22)30(19-21-14-16-23(28)17-15-21)25(31)20-33-24-12-8-5-9-13-24/h4-17,26H,2-3,18-20H2,1H3,(H,29,32). The number of ether oxygens (including phenoxy) is 1. The summed E-state index contributed by atoms with van der Waals surface area (Å²) in [6.07, 6.45) is 1.79. The fraction of sp³-hybridized carbons (Fsp3) is 0.259. The van der Waals surface area contributed by atoms with Crippen LogP contribution in [0.5, 0.6) is 5.75 Å². The van der Waals surface area contributed by atoms with E-state index in [-0.39, 0.29) is 30.8 Å². The predicted octanol–water partition coefficient (Wildman–Crippen LogP) is 4.89. The Labute approximate surface area is 194 Å². The molecule has 0 saturated carbocycles. The van der Waals surface area contributed by atoms with E-state index in [0.29, 0.717) is 23.4 Å². The monoisotopic (exact) mass is 448 g/mol. The third kappa shape index (κ3) is 7.17. The zero-order valence-electron chi connectivity index (χ0n) is 18.7. The minimum atomic E-state index is -0.847. The van der Waals surface area contributed by atoms with Gasteiger partial charge in [0.1, 0.15) is 17.6 Å². The second-order valence-electron chi connectivity index (χ2n) is 7.71. The van der Waals surface area contributed by atoms with Gasteiger partial charge in [-0.3, -0.25) is 9.59 Å². The van der Waals surface area contributed by atoms with Crippen molar-refractivity contribution in [3.63, 3.8) is 0 Å². The molecule has 33 heavy (non-hydrogen) atoms. The molecule has 3 rings (SSSR count). The molecular formula is C27H29FN2O3.